The predicted molar refractivity (Wildman–Crippen MR) is 83.3 cm³/mol. The highest BCUT2D eigenvalue weighted by molar-refractivity contribution is 5.58. The van der Waals surface area contributed by atoms with Gasteiger partial charge in [0.15, 0.2) is 5.82 Å². The first-order chi connectivity index (χ1) is 10.2. The molecule has 21 heavy (non-hydrogen) atoms. The second-order valence-electron chi connectivity index (χ2n) is 5.06. The number of aryl methyl sites for hydroxylation is 1. The van der Waals surface area contributed by atoms with Crippen molar-refractivity contribution in [2.45, 2.75) is 46.7 Å². The Morgan fingerprint density at radius 1 is 1.14 bits per heavy atom. The lowest BCUT2D eigenvalue weighted by Gasteiger charge is -2.17. The summed E-state index contributed by atoms with van der Waals surface area (Å²) < 4.78 is 2.01. The van der Waals surface area contributed by atoms with Gasteiger partial charge in [-0.2, -0.15) is 0 Å². The number of rotatable bonds is 7. The van der Waals surface area contributed by atoms with Gasteiger partial charge in [0.25, 0.3) is 0 Å². The first-order valence-electron chi connectivity index (χ1n) is 7.36. The molecule has 2 aromatic heterocycles. The van der Waals surface area contributed by atoms with Gasteiger partial charge in [-0.1, -0.05) is 13.8 Å². The van der Waals surface area contributed by atoms with Crippen LogP contribution in [0.25, 0.3) is 0 Å². The molecule has 0 radical (unpaired) electrons. The number of hydrogen-bond acceptors (Lipinski definition) is 6. The fraction of sp³-hybridized carbons (Fsp3) is 0.571. The topological polar surface area (TPSA) is 80.6 Å². The van der Waals surface area contributed by atoms with E-state index in [-0.39, 0.29) is 0 Å². The average Bonchev–Trinajstić information content (AvgIpc) is 2.92. The molecule has 2 heterocycles. The predicted octanol–water partition coefficient (Wildman–Crippen LogP) is 2.26. The molecule has 7 nitrogen and oxygen atoms in total. The van der Waals surface area contributed by atoms with E-state index in [4.69, 9.17) is 0 Å². The molecule has 0 atom stereocenters. The van der Waals surface area contributed by atoms with E-state index in [1.54, 1.807) is 12.7 Å². The lowest BCUT2D eigenvalue weighted by atomic mass is 10.0. The second-order valence-corrected chi connectivity index (χ2v) is 5.06. The molecule has 0 spiro atoms. The first kappa shape index (κ1) is 15.2. The van der Waals surface area contributed by atoms with Crippen molar-refractivity contribution in [2.75, 3.05) is 17.2 Å². The van der Waals surface area contributed by atoms with Crippen LogP contribution in [0.2, 0.25) is 0 Å². The molecule has 0 amide bonds. The van der Waals surface area contributed by atoms with Crippen molar-refractivity contribution >= 4 is 11.6 Å². The Morgan fingerprint density at radius 3 is 2.48 bits per heavy atom. The Bertz CT molecular complexity index is 576. The summed E-state index contributed by atoms with van der Waals surface area (Å²) >= 11 is 0. The minimum Gasteiger partial charge on any atom is -0.370 e. The zero-order valence-electron chi connectivity index (χ0n) is 13.1. The third-order valence-corrected chi connectivity index (χ3v) is 3.26. The van der Waals surface area contributed by atoms with Crippen molar-refractivity contribution < 1.29 is 0 Å². The van der Waals surface area contributed by atoms with Crippen LogP contribution >= 0.6 is 0 Å². The summed E-state index contributed by atoms with van der Waals surface area (Å²) in [5, 5.41) is 14.7. The maximum absolute atomic E-state index is 4.38. The molecule has 2 rings (SSSR count). The minimum absolute atomic E-state index is 0.326. The molecular weight excluding hydrogens is 266 g/mol. The minimum atomic E-state index is 0.326. The first-order valence-corrected chi connectivity index (χ1v) is 7.36. The van der Waals surface area contributed by atoms with Gasteiger partial charge in [0.2, 0.25) is 0 Å². The highest BCUT2D eigenvalue weighted by Gasteiger charge is 2.15. The summed E-state index contributed by atoms with van der Waals surface area (Å²) in [4.78, 5) is 8.71. The molecule has 0 aliphatic rings. The molecule has 2 N–H and O–H groups in total. The largest absolute Gasteiger partial charge is 0.370 e. The molecule has 0 fully saturated rings. The molecule has 0 unspecified atom stereocenters. The third-order valence-electron chi connectivity index (χ3n) is 3.26. The van der Waals surface area contributed by atoms with Gasteiger partial charge in [-0.25, -0.2) is 9.97 Å². The van der Waals surface area contributed by atoms with E-state index in [2.05, 4.69) is 58.5 Å². The molecule has 7 heteroatoms. The zero-order chi connectivity index (χ0) is 15.2. The number of hydrogen-bond donors (Lipinski definition) is 2. The van der Waals surface area contributed by atoms with Crippen LogP contribution in [-0.4, -0.2) is 31.3 Å². The summed E-state index contributed by atoms with van der Waals surface area (Å²) in [5.41, 5.74) is 1.10. The van der Waals surface area contributed by atoms with Crippen LogP contribution in [0.1, 0.15) is 45.0 Å². The van der Waals surface area contributed by atoms with Crippen molar-refractivity contribution in [3.8, 4) is 0 Å². The van der Waals surface area contributed by atoms with Crippen LogP contribution in [0.3, 0.4) is 0 Å². The number of aromatic nitrogens is 5. The summed E-state index contributed by atoms with van der Waals surface area (Å²) in [5.74, 6) is 2.96. The van der Waals surface area contributed by atoms with Crippen molar-refractivity contribution in [1.29, 1.82) is 0 Å². The summed E-state index contributed by atoms with van der Waals surface area (Å²) in [6.07, 6.45) is 3.32. The highest BCUT2D eigenvalue weighted by Crippen LogP contribution is 2.28. The van der Waals surface area contributed by atoms with Crippen LogP contribution in [0, 0.1) is 0 Å². The van der Waals surface area contributed by atoms with Gasteiger partial charge in [0, 0.05) is 18.7 Å². The molecule has 0 bridgehead atoms. The van der Waals surface area contributed by atoms with Gasteiger partial charge in [-0.15, -0.1) is 10.2 Å². The van der Waals surface area contributed by atoms with E-state index in [9.17, 15) is 0 Å². The highest BCUT2D eigenvalue weighted by atomic mass is 15.3. The Morgan fingerprint density at radius 2 is 1.86 bits per heavy atom. The van der Waals surface area contributed by atoms with E-state index >= 15 is 0 Å². The lowest BCUT2D eigenvalue weighted by molar-refractivity contribution is 0.706. The van der Waals surface area contributed by atoms with Crippen LogP contribution in [0.15, 0.2) is 12.7 Å². The molecule has 0 saturated heterocycles. The molecule has 0 aliphatic carbocycles. The van der Waals surface area contributed by atoms with Crippen LogP contribution in [0.5, 0.6) is 0 Å². The molecular formula is C14H23N7. The SMILES string of the molecule is CCNc1ncnc(NCc2nncn2CC)c1C(C)C. The monoisotopic (exact) mass is 289 g/mol. The molecule has 114 valence electrons. The van der Waals surface area contributed by atoms with Crippen molar-refractivity contribution in [3.63, 3.8) is 0 Å². The Kier molecular flexibility index (Phi) is 5.08. The van der Waals surface area contributed by atoms with Crippen LogP contribution < -0.4 is 10.6 Å². The molecule has 0 aliphatic heterocycles. The standard InChI is InChI=1S/C14H23N7/c1-5-15-13-12(10(3)4)14(18-8-17-13)16-7-11-20-19-9-21(11)6-2/h8-10H,5-7H2,1-4H3,(H2,15,16,17,18). The fourth-order valence-electron chi connectivity index (χ4n) is 2.23. The van der Waals surface area contributed by atoms with E-state index in [1.165, 1.54) is 0 Å². The quantitative estimate of drug-likeness (QED) is 0.813. The normalized spacial score (nSPS) is 10.9. The van der Waals surface area contributed by atoms with Crippen LogP contribution in [-0.2, 0) is 13.1 Å². The molecule has 0 aromatic carbocycles. The fourth-order valence-corrected chi connectivity index (χ4v) is 2.23. The van der Waals surface area contributed by atoms with Gasteiger partial charge < -0.3 is 15.2 Å². The van der Waals surface area contributed by atoms with Gasteiger partial charge in [0.05, 0.1) is 6.54 Å². The van der Waals surface area contributed by atoms with Gasteiger partial charge in [-0.05, 0) is 19.8 Å². The molecule has 0 saturated carbocycles. The maximum atomic E-state index is 4.38. The van der Waals surface area contributed by atoms with Gasteiger partial charge in [0.1, 0.15) is 24.3 Å². The molecule has 2 aromatic rings. The summed E-state index contributed by atoms with van der Waals surface area (Å²) in [7, 11) is 0. The van der Waals surface area contributed by atoms with E-state index < -0.39 is 0 Å². The van der Waals surface area contributed by atoms with E-state index in [0.717, 1.165) is 36.1 Å². The smallest absolute Gasteiger partial charge is 0.152 e. The summed E-state index contributed by atoms with van der Waals surface area (Å²) in [6.45, 7) is 10.7. The van der Waals surface area contributed by atoms with Gasteiger partial charge in [-0.3, -0.25) is 0 Å². The van der Waals surface area contributed by atoms with Crippen molar-refractivity contribution in [3.05, 3.63) is 24.0 Å². The average molecular weight is 289 g/mol. The van der Waals surface area contributed by atoms with E-state index in [1.807, 2.05) is 4.57 Å². The summed E-state index contributed by atoms with van der Waals surface area (Å²) in [6, 6.07) is 0. The van der Waals surface area contributed by atoms with Crippen LogP contribution in [0.4, 0.5) is 11.6 Å². The van der Waals surface area contributed by atoms with Gasteiger partial charge >= 0.3 is 0 Å². The zero-order valence-corrected chi connectivity index (χ0v) is 13.1. The van der Waals surface area contributed by atoms with Crippen molar-refractivity contribution in [1.82, 2.24) is 24.7 Å². The maximum Gasteiger partial charge on any atom is 0.152 e. The van der Waals surface area contributed by atoms with Crippen molar-refractivity contribution in [2.24, 2.45) is 0 Å². The second kappa shape index (κ2) is 7.01. The number of nitrogens with one attached hydrogen (secondary N) is 2. The Labute approximate surface area is 125 Å². The lowest BCUT2D eigenvalue weighted by Crippen LogP contribution is -2.13. The number of nitrogens with zero attached hydrogens (tertiary/aromatic N) is 5. The Balaban J connectivity index is 2.21. The Hall–Kier alpha value is -2.18. The number of anilines is 2. The van der Waals surface area contributed by atoms with E-state index in [0.29, 0.717) is 12.5 Å². The third kappa shape index (κ3) is 3.48.